The molecule has 1 aliphatic heterocycles. The first-order chi connectivity index (χ1) is 4.24. The van der Waals surface area contributed by atoms with Crippen molar-refractivity contribution in [2.45, 2.75) is 13.8 Å². The zero-order valence-electron chi connectivity index (χ0n) is 5.96. The highest BCUT2D eigenvalue weighted by molar-refractivity contribution is 4.74. The lowest BCUT2D eigenvalue weighted by Gasteiger charge is -2.09. The van der Waals surface area contributed by atoms with Crippen LogP contribution in [0.25, 0.3) is 0 Å². The Hall–Kier alpha value is -0.120. The molecule has 0 amide bonds. The highest BCUT2D eigenvalue weighted by Crippen LogP contribution is 2.19. The van der Waals surface area contributed by atoms with Crippen LogP contribution in [-0.4, -0.2) is 23.3 Å². The smallest absolute Gasteiger partial charge is 0.0181 e. The van der Waals surface area contributed by atoms with Crippen LogP contribution in [0.2, 0.25) is 0 Å². The average Bonchev–Trinajstić information content (AvgIpc) is 2.13. The Kier molecular flexibility index (Phi) is 2.05. The van der Waals surface area contributed by atoms with Crippen molar-refractivity contribution in [3.05, 3.63) is 0 Å². The first kappa shape index (κ1) is 6.99. The van der Waals surface area contributed by atoms with E-state index in [0.29, 0.717) is 11.8 Å². The quantitative estimate of drug-likeness (QED) is 0.506. The number of nitrogens with one attached hydrogen (secondary N) is 1. The molecule has 0 aromatic carbocycles. The molecule has 2 N–H and O–H groups in total. The van der Waals surface area contributed by atoms with E-state index >= 15 is 0 Å². The molecule has 3 heteroatoms. The Morgan fingerprint density at radius 2 is 1.78 bits per heavy atom. The molecule has 9 heavy (non-hydrogen) atoms. The maximum absolute atomic E-state index is 8.48. The molecule has 0 spiro atoms. The lowest BCUT2D eigenvalue weighted by atomic mass is 10.0. The third-order valence-electron chi connectivity index (χ3n) is 2.13. The van der Waals surface area contributed by atoms with E-state index in [2.05, 4.69) is 19.4 Å². The number of nitrogens with zero attached hydrogens (tertiary/aromatic N) is 1. The minimum absolute atomic E-state index is 0.699. The van der Waals surface area contributed by atoms with Crippen LogP contribution in [-0.2, 0) is 0 Å². The predicted octanol–water partition coefficient (Wildman–Crippen LogP) is 0.468. The largest absolute Gasteiger partial charge is 0.302 e. The summed E-state index contributed by atoms with van der Waals surface area (Å²) in [6.45, 7) is 6.30. The van der Waals surface area contributed by atoms with E-state index in [1.54, 1.807) is 0 Å². The highest BCUT2D eigenvalue weighted by Gasteiger charge is 2.25. The highest BCUT2D eigenvalue weighted by atomic mass is 16.5. The topological polar surface area (TPSA) is 35.5 Å². The van der Waals surface area contributed by atoms with Crippen LogP contribution in [0.1, 0.15) is 13.8 Å². The first-order valence-corrected chi connectivity index (χ1v) is 3.38. The van der Waals surface area contributed by atoms with Crippen molar-refractivity contribution >= 4 is 0 Å². The summed E-state index contributed by atoms with van der Waals surface area (Å²) in [5.74, 6) is 1.40. The van der Waals surface area contributed by atoms with Gasteiger partial charge in [-0.25, -0.2) is 5.01 Å². The fourth-order valence-electron chi connectivity index (χ4n) is 1.21. The van der Waals surface area contributed by atoms with E-state index in [1.807, 2.05) is 5.01 Å². The van der Waals surface area contributed by atoms with Crippen LogP contribution in [0.3, 0.4) is 0 Å². The molecular weight excluding hydrogens is 116 g/mol. The number of hydrogen-bond donors (Lipinski definition) is 2. The maximum Gasteiger partial charge on any atom is 0.0181 e. The zero-order chi connectivity index (χ0) is 6.85. The van der Waals surface area contributed by atoms with Gasteiger partial charge >= 0.3 is 0 Å². The number of hydrogen-bond acceptors (Lipinski definition) is 3. The zero-order valence-corrected chi connectivity index (χ0v) is 5.96. The number of rotatable bonds is 1. The van der Waals surface area contributed by atoms with Crippen molar-refractivity contribution in [3.63, 3.8) is 0 Å². The summed E-state index contributed by atoms with van der Waals surface area (Å²) in [5.41, 5.74) is 2.16. The normalized spacial score (nSPS) is 37.7. The van der Waals surface area contributed by atoms with Crippen molar-refractivity contribution in [1.82, 2.24) is 10.6 Å². The molecule has 1 aliphatic rings. The van der Waals surface area contributed by atoms with Gasteiger partial charge in [0.25, 0.3) is 0 Å². The van der Waals surface area contributed by atoms with E-state index in [4.69, 9.17) is 5.21 Å². The van der Waals surface area contributed by atoms with Crippen LogP contribution in [0.15, 0.2) is 0 Å². The summed E-state index contributed by atoms with van der Waals surface area (Å²) in [4.78, 5) is 0. The summed E-state index contributed by atoms with van der Waals surface area (Å²) >= 11 is 0. The molecule has 54 valence electrons. The summed E-state index contributed by atoms with van der Waals surface area (Å²) in [6, 6.07) is 0. The molecular formula is C6H14N2O. The lowest BCUT2D eigenvalue weighted by molar-refractivity contribution is -0.00651. The second-order valence-corrected chi connectivity index (χ2v) is 2.96. The van der Waals surface area contributed by atoms with Gasteiger partial charge in [-0.15, -0.1) is 5.59 Å². The molecule has 1 heterocycles. The molecule has 2 atom stereocenters. The molecule has 0 aromatic rings. The second-order valence-electron chi connectivity index (χ2n) is 2.96. The van der Waals surface area contributed by atoms with Crippen LogP contribution >= 0.6 is 0 Å². The molecule has 2 unspecified atom stereocenters. The Balaban J connectivity index is 2.35. The van der Waals surface area contributed by atoms with Gasteiger partial charge in [0.15, 0.2) is 0 Å². The van der Waals surface area contributed by atoms with Crippen molar-refractivity contribution in [2.75, 3.05) is 13.1 Å². The number of hydrazine groups is 1. The van der Waals surface area contributed by atoms with Crippen molar-refractivity contribution < 1.29 is 5.21 Å². The van der Waals surface area contributed by atoms with Gasteiger partial charge in [-0.1, -0.05) is 13.8 Å². The fraction of sp³-hybridized carbons (Fsp3) is 1.00. The van der Waals surface area contributed by atoms with Crippen LogP contribution in [0, 0.1) is 11.8 Å². The summed E-state index contributed by atoms with van der Waals surface area (Å²) in [7, 11) is 0. The fourth-order valence-corrected chi connectivity index (χ4v) is 1.21. The summed E-state index contributed by atoms with van der Waals surface area (Å²) in [5, 5.41) is 10.3. The monoisotopic (exact) mass is 130 g/mol. The maximum atomic E-state index is 8.48. The Labute approximate surface area is 55.6 Å². The summed E-state index contributed by atoms with van der Waals surface area (Å²) < 4.78 is 0. The third kappa shape index (κ3) is 1.41. The SMILES string of the molecule is CC1CN(NO)CC1C. The molecule has 0 radical (unpaired) electrons. The van der Waals surface area contributed by atoms with Crippen molar-refractivity contribution in [1.29, 1.82) is 0 Å². The van der Waals surface area contributed by atoms with Gasteiger partial charge in [0.2, 0.25) is 0 Å². The Morgan fingerprint density at radius 3 is 2.00 bits per heavy atom. The molecule has 1 rings (SSSR count). The van der Waals surface area contributed by atoms with Gasteiger partial charge in [0.1, 0.15) is 0 Å². The van der Waals surface area contributed by atoms with Gasteiger partial charge < -0.3 is 5.21 Å². The van der Waals surface area contributed by atoms with Gasteiger partial charge in [-0.3, -0.25) is 0 Å². The van der Waals surface area contributed by atoms with E-state index in [-0.39, 0.29) is 0 Å². The molecule has 1 fully saturated rings. The van der Waals surface area contributed by atoms with Crippen LogP contribution in [0.5, 0.6) is 0 Å². The first-order valence-electron chi connectivity index (χ1n) is 3.38. The second kappa shape index (κ2) is 2.64. The molecule has 0 bridgehead atoms. The van der Waals surface area contributed by atoms with Crippen LogP contribution < -0.4 is 5.59 Å². The molecule has 1 saturated heterocycles. The van der Waals surface area contributed by atoms with Gasteiger partial charge in [-0.2, -0.15) is 0 Å². The van der Waals surface area contributed by atoms with E-state index in [9.17, 15) is 0 Å². The van der Waals surface area contributed by atoms with Crippen molar-refractivity contribution in [2.24, 2.45) is 11.8 Å². The van der Waals surface area contributed by atoms with Crippen molar-refractivity contribution in [3.8, 4) is 0 Å². The van der Waals surface area contributed by atoms with E-state index in [0.717, 1.165) is 13.1 Å². The molecule has 3 nitrogen and oxygen atoms in total. The minimum Gasteiger partial charge on any atom is -0.302 e. The minimum atomic E-state index is 0.699. The Morgan fingerprint density at radius 1 is 1.33 bits per heavy atom. The lowest BCUT2D eigenvalue weighted by Crippen LogP contribution is -2.33. The van der Waals surface area contributed by atoms with E-state index in [1.165, 1.54) is 0 Å². The summed E-state index contributed by atoms with van der Waals surface area (Å²) in [6.07, 6.45) is 0. The molecule has 0 aromatic heterocycles. The molecule has 0 aliphatic carbocycles. The third-order valence-corrected chi connectivity index (χ3v) is 2.13. The predicted molar refractivity (Wildman–Crippen MR) is 34.8 cm³/mol. The standard InChI is InChI=1S/C6H14N2O/c1-5-3-8(7-9)4-6(5)2/h5-7,9H,3-4H2,1-2H3. The Bertz CT molecular complexity index is 87.1. The van der Waals surface area contributed by atoms with Crippen LogP contribution in [0.4, 0.5) is 0 Å². The molecule has 0 saturated carbocycles. The van der Waals surface area contributed by atoms with Gasteiger partial charge in [-0.05, 0) is 11.8 Å². The van der Waals surface area contributed by atoms with Gasteiger partial charge in [0.05, 0.1) is 0 Å². The van der Waals surface area contributed by atoms with E-state index < -0.39 is 0 Å². The average molecular weight is 130 g/mol. The van der Waals surface area contributed by atoms with Gasteiger partial charge in [0, 0.05) is 13.1 Å².